The summed E-state index contributed by atoms with van der Waals surface area (Å²) in [6.45, 7) is 9.12. The number of rotatable bonds is 3. The number of carbonyl (C=O) groups is 1. The third-order valence-corrected chi connectivity index (χ3v) is 3.97. The van der Waals surface area contributed by atoms with Gasteiger partial charge in [0.15, 0.2) is 12.3 Å². The average molecular weight is 246 g/mol. The monoisotopic (exact) mass is 246 g/mol. The van der Waals surface area contributed by atoms with Crippen molar-refractivity contribution < 1.29 is 14.5 Å². The molecule has 1 N–H and O–H groups in total. The van der Waals surface area contributed by atoms with Crippen molar-refractivity contribution in [1.29, 1.82) is 0 Å². The van der Waals surface area contributed by atoms with Crippen LogP contribution in [0.15, 0.2) is 18.2 Å². The molecule has 0 unspecified atom stereocenters. The molecule has 0 bridgehead atoms. The van der Waals surface area contributed by atoms with Gasteiger partial charge in [-0.25, -0.2) is 0 Å². The zero-order valence-corrected chi connectivity index (χ0v) is 11.4. The average Bonchev–Trinajstić information content (AvgIpc) is 2.46. The van der Waals surface area contributed by atoms with Crippen molar-refractivity contribution in [2.24, 2.45) is 0 Å². The van der Waals surface area contributed by atoms with E-state index in [1.54, 1.807) is 0 Å². The summed E-state index contributed by atoms with van der Waals surface area (Å²) in [4.78, 5) is 10.8. The molecule has 0 saturated carbocycles. The lowest BCUT2D eigenvalue weighted by atomic mass is 9.82. The highest BCUT2D eigenvalue weighted by Gasteiger charge is 2.42. The van der Waals surface area contributed by atoms with Gasteiger partial charge in [-0.2, -0.15) is 4.58 Å². The van der Waals surface area contributed by atoms with E-state index in [0.29, 0.717) is 6.54 Å². The van der Waals surface area contributed by atoms with Crippen LogP contribution in [0.2, 0.25) is 0 Å². The van der Waals surface area contributed by atoms with E-state index < -0.39 is 5.97 Å². The normalized spacial score (nSPS) is 16.9. The summed E-state index contributed by atoms with van der Waals surface area (Å²) < 4.78 is 2.14. The number of nitrogens with zero attached hydrogens (tertiary/aromatic N) is 1. The third-order valence-electron chi connectivity index (χ3n) is 3.97. The SMILES string of the molecule is CC1=[N+](CCC(=O)O)c2ccc(C)cc2C1(C)C. The first-order valence-corrected chi connectivity index (χ1v) is 6.28. The first-order valence-electron chi connectivity index (χ1n) is 6.28. The van der Waals surface area contributed by atoms with Crippen molar-refractivity contribution in [2.45, 2.75) is 39.5 Å². The van der Waals surface area contributed by atoms with Crippen LogP contribution < -0.4 is 0 Å². The standard InChI is InChI=1S/C15H19NO2/c1-10-5-6-13-12(9-10)15(3,4)11(2)16(13)8-7-14(17)18/h5-6,9H,7-8H2,1-4H3/p+1. The van der Waals surface area contributed by atoms with Gasteiger partial charge in [0.05, 0.1) is 5.41 Å². The van der Waals surface area contributed by atoms with E-state index >= 15 is 0 Å². The van der Waals surface area contributed by atoms with Gasteiger partial charge >= 0.3 is 5.97 Å². The molecule has 1 aromatic rings. The van der Waals surface area contributed by atoms with Gasteiger partial charge in [0.2, 0.25) is 5.69 Å². The summed E-state index contributed by atoms with van der Waals surface area (Å²) in [5, 5.41) is 8.85. The largest absolute Gasteiger partial charge is 0.481 e. The molecule has 0 saturated heterocycles. The Balaban J connectivity index is 2.47. The molecular formula is C15H20NO2+. The second-order valence-corrected chi connectivity index (χ2v) is 5.53. The fraction of sp³-hybridized carbons (Fsp3) is 0.467. The van der Waals surface area contributed by atoms with Gasteiger partial charge in [0.1, 0.15) is 6.42 Å². The van der Waals surface area contributed by atoms with E-state index in [2.05, 4.69) is 50.5 Å². The first kappa shape index (κ1) is 12.8. The molecule has 1 aliphatic heterocycles. The molecule has 1 aliphatic rings. The van der Waals surface area contributed by atoms with E-state index in [9.17, 15) is 4.79 Å². The van der Waals surface area contributed by atoms with E-state index in [1.165, 1.54) is 16.8 Å². The van der Waals surface area contributed by atoms with E-state index in [-0.39, 0.29) is 11.8 Å². The maximum Gasteiger partial charge on any atom is 0.309 e. The van der Waals surface area contributed by atoms with Crippen molar-refractivity contribution >= 4 is 17.4 Å². The Bertz CT molecular complexity index is 541. The topological polar surface area (TPSA) is 40.3 Å². The predicted octanol–water partition coefficient (Wildman–Crippen LogP) is 2.87. The molecule has 0 amide bonds. The van der Waals surface area contributed by atoms with E-state index in [4.69, 9.17) is 5.11 Å². The predicted molar refractivity (Wildman–Crippen MR) is 71.9 cm³/mol. The van der Waals surface area contributed by atoms with Crippen LogP contribution in [-0.2, 0) is 10.2 Å². The molecular weight excluding hydrogens is 226 g/mol. The maximum absolute atomic E-state index is 10.8. The zero-order chi connectivity index (χ0) is 13.5. The zero-order valence-electron chi connectivity index (χ0n) is 11.4. The van der Waals surface area contributed by atoms with Crippen LogP contribution in [0.3, 0.4) is 0 Å². The molecule has 0 spiro atoms. The molecule has 0 aromatic heterocycles. The molecule has 0 fully saturated rings. The van der Waals surface area contributed by atoms with Crippen LogP contribution in [0.25, 0.3) is 0 Å². The molecule has 96 valence electrons. The van der Waals surface area contributed by atoms with Crippen LogP contribution in [0, 0.1) is 6.92 Å². The van der Waals surface area contributed by atoms with Gasteiger partial charge in [-0.05, 0) is 26.8 Å². The molecule has 0 atom stereocenters. The smallest absolute Gasteiger partial charge is 0.309 e. The number of carboxylic acid groups (broad SMARTS) is 1. The fourth-order valence-corrected chi connectivity index (χ4v) is 2.59. The second-order valence-electron chi connectivity index (χ2n) is 5.53. The van der Waals surface area contributed by atoms with Crippen molar-refractivity contribution in [2.75, 3.05) is 6.54 Å². The maximum atomic E-state index is 10.8. The Kier molecular flexibility index (Phi) is 3.01. The summed E-state index contributed by atoms with van der Waals surface area (Å²) in [5.41, 5.74) is 4.91. The minimum atomic E-state index is -0.749. The Labute approximate surface area is 108 Å². The highest BCUT2D eigenvalue weighted by molar-refractivity contribution is 5.93. The van der Waals surface area contributed by atoms with Gasteiger partial charge in [-0.3, -0.25) is 4.79 Å². The number of aliphatic carboxylic acids is 1. The van der Waals surface area contributed by atoms with Crippen molar-refractivity contribution in [3.63, 3.8) is 0 Å². The van der Waals surface area contributed by atoms with Crippen molar-refractivity contribution in [3.05, 3.63) is 29.3 Å². The third kappa shape index (κ3) is 1.94. The number of hydrogen-bond donors (Lipinski definition) is 1. The highest BCUT2D eigenvalue weighted by atomic mass is 16.4. The highest BCUT2D eigenvalue weighted by Crippen LogP contribution is 2.39. The molecule has 18 heavy (non-hydrogen) atoms. The molecule has 0 radical (unpaired) electrons. The van der Waals surface area contributed by atoms with Crippen molar-refractivity contribution in [1.82, 2.24) is 0 Å². The minimum Gasteiger partial charge on any atom is -0.481 e. The van der Waals surface area contributed by atoms with E-state index in [0.717, 1.165) is 5.69 Å². The van der Waals surface area contributed by atoms with Crippen LogP contribution in [0.5, 0.6) is 0 Å². The summed E-state index contributed by atoms with van der Waals surface area (Å²) in [6, 6.07) is 6.39. The van der Waals surface area contributed by atoms with Gasteiger partial charge in [0, 0.05) is 18.6 Å². The van der Waals surface area contributed by atoms with Crippen LogP contribution in [0.1, 0.15) is 38.3 Å². The summed E-state index contributed by atoms with van der Waals surface area (Å²) in [6.07, 6.45) is 0.167. The van der Waals surface area contributed by atoms with Crippen LogP contribution in [0.4, 0.5) is 5.69 Å². The lowest BCUT2D eigenvalue weighted by molar-refractivity contribution is -0.438. The lowest BCUT2D eigenvalue weighted by Crippen LogP contribution is -2.27. The van der Waals surface area contributed by atoms with Crippen LogP contribution in [-0.4, -0.2) is 27.9 Å². The van der Waals surface area contributed by atoms with Gasteiger partial charge in [-0.1, -0.05) is 11.6 Å². The summed E-state index contributed by atoms with van der Waals surface area (Å²) >= 11 is 0. The van der Waals surface area contributed by atoms with Crippen LogP contribution >= 0.6 is 0 Å². The summed E-state index contributed by atoms with van der Waals surface area (Å²) in [7, 11) is 0. The van der Waals surface area contributed by atoms with E-state index in [1.807, 2.05) is 0 Å². The van der Waals surface area contributed by atoms with Gasteiger partial charge < -0.3 is 5.11 Å². The molecule has 3 heteroatoms. The second kappa shape index (κ2) is 4.23. The van der Waals surface area contributed by atoms with Gasteiger partial charge in [0.25, 0.3) is 0 Å². The lowest BCUT2D eigenvalue weighted by Gasteiger charge is -2.15. The number of carboxylic acids is 1. The minimum absolute atomic E-state index is 0.0140. The number of benzene rings is 1. The molecule has 3 nitrogen and oxygen atoms in total. The van der Waals surface area contributed by atoms with Gasteiger partial charge in [-0.15, -0.1) is 0 Å². The number of fused-ring (bicyclic) bond motifs is 1. The molecule has 1 heterocycles. The quantitative estimate of drug-likeness (QED) is 0.833. The molecule has 1 aromatic carbocycles. The van der Waals surface area contributed by atoms with Crippen molar-refractivity contribution in [3.8, 4) is 0 Å². The fourth-order valence-electron chi connectivity index (χ4n) is 2.59. The Morgan fingerprint density at radius 1 is 1.33 bits per heavy atom. The Morgan fingerprint density at radius 2 is 2.00 bits per heavy atom. The molecule has 2 rings (SSSR count). The summed E-state index contributed by atoms with van der Waals surface area (Å²) in [5.74, 6) is -0.749. The molecule has 0 aliphatic carbocycles. The first-order chi connectivity index (χ1) is 8.34. The number of hydrogen-bond acceptors (Lipinski definition) is 1. The Hall–Kier alpha value is -1.64. The Morgan fingerprint density at radius 3 is 2.61 bits per heavy atom. The number of aryl methyl sites for hydroxylation is 1.